The third-order valence-corrected chi connectivity index (χ3v) is 5.20. The van der Waals surface area contributed by atoms with Crippen molar-refractivity contribution in [1.29, 1.82) is 0 Å². The quantitative estimate of drug-likeness (QED) is 0.600. The zero-order valence-corrected chi connectivity index (χ0v) is 17.9. The molecule has 0 radical (unpaired) electrons. The Morgan fingerprint density at radius 1 is 1.00 bits per heavy atom. The molecule has 0 amide bonds. The summed E-state index contributed by atoms with van der Waals surface area (Å²) in [6, 6.07) is 18.8. The molecule has 0 saturated heterocycles. The predicted octanol–water partition coefficient (Wildman–Crippen LogP) is 4.95. The molecule has 28 heavy (non-hydrogen) atoms. The van der Waals surface area contributed by atoms with Gasteiger partial charge in [0.2, 0.25) is 5.95 Å². The Morgan fingerprint density at radius 3 is 2.36 bits per heavy atom. The van der Waals surface area contributed by atoms with Crippen molar-refractivity contribution in [2.75, 3.05) is 11.5 Å². The van der Waals surface area contributed by atoms with Gasteiger partial charge in [-0.05, 0) is 47.4 Å². The molecule has 5 heteroatoms. The number of nitrogens with zero attached hydrogens (tertiary/aromatic N) is 2. The maximum absolute atomic E-state index is 11.8. The fourth-order valence-corrected chi connectivity index (χ4v) is 3.52. The monoisotopic (exact) mass is 395 g/mol. The minimum absolute atomic E-state index is 0.118. The number of nitrogens with two attached hydrogens (primary N) is 1. The Morgan fingerprint density at radius 2 is 1.71 bits per heavy atom. The lowest BCUT2D eigenvalue weighted by molar-refractivity contribution is 0.806. The summed E-state index contributed by atoms with van der Waals surface area (Å²) in [4.78, 5) is 17.4. The van der Waals surface area contributed by atoms with Gasteiger partial charge in [-0.2, -0.15) is 0 Å². The van der Waals surface area contributed by atoms with Crippen LogP contribution in [0.1, 0.15) is 32.0 Å². The first-order valence-electron chi connectivity index (χ1n) is 9.71. The van der Waals surface area contributed by atoms with E-state index in [9.17, 15) is 4.79 Å². The Balaban J connectivity index is 0.00000136. The van der Waals surface area contributed by atoms with E-state index in [1.807, 2.05) is 25.6 Å². The minimum atomic E-state index is -0.118. The highest BCUT2D eigenvalue weighted by molar-refractivity contribution is 7.99. The van der Waals surface area contributed by atoms with E-state index in [-0.39, 0.29) is 11.5 Å². The van der Waals surface area contributed by atoms with E-state index in [1.54, 1.807) is 13.1 Å². The summed E-state index contributed by atoms with van der Waals surface area (Å²) in [6.07, 6.45) is 1.52. The van der Waals surface area contributed by atoms with Crippen LogP contribution in [-0.4, -0.2) is 15.3 Å². The van der Waals surface area contributed by atoms with Crippen molar-refractivity contribution in [3.05, 3.63) is 76.2 Å². The van der Waals surface area contributed by atoms with Crippen molar-refractivity contribution in [1.82, 2.24) is 9.55 Å². The van der Waals surface area contributed by atoms with E-state index in [4.69, 9.17) is 5.73 Å². The van der Waals surface area contributed by atoms with Gasteiger partial charge in [0.1, 0.15) is 0 Å². The molecule has 0 atom stereocenters. The Labute approximate surface area is 171 Å². The minimum Gasteiger partial charge on any atom is -0.369 e. The van der Waals surface area contributed by atoms with Crippen molar-refractivity contribution in [2.45, 2.75) is 38.5 Å². The number of benzene rings is 2. The first kappa shape index (κ1) is 21.8. The van der Waals surface area contributed by atoms with E-state index >= 15 is 0 Å². The molecule has 2 aromatic carbocycles. The Bertz CT molecular complexity index is 949. The van der Waals surface area contributed by atoms with Crippen molar-refractivity contribution >= 4 is 17.7 Å². The van der Waals surface area contributed by atoms with Crippen LogP contribution in [0.4, 0.5) is 5.95 Å². The largest absolute Gasteiger partial charge is 0.369 e. The number of hydrogen-bond donors (Lipinski definition) is 1. The molecule has 2 N–H and O–H groups in total. The van der Waals surface area contributed by atoms with Crippen molar-refractivity contribution in [3.8, 4) is 11.1 Å². The van der Waals surface area contributed by atoms with Gasteiger partial charge in [0.25, 0.3) is 5.56 Å². The van der Waals surface area contributed by atoms with Gasteiger partial charge in [-0.3, -0.25) is 9.36 Å². The molecule has 3 aromatic rings. The number of hydrogen-bond acceptors (Lipinski definition) is 4. The molecular formula is C23H29N3OS. The molecule has 3 rings (SSSR count). The van der Waals surface area contributed by atoms with Gasteiger partial charge in [-0.25, -0.2) is 4.98 Å². The summed E-state index contributed by atoms with van der Waals surface area (Å²) >= 11 is 1.85. The van der Waals surface area contributed by atoms with Crippen LogP contribution in [0.2, 0.25) is 0 Å². The second kappa shape index (κ2) is 10.7. The van der Waals surface area contributed by atoms with Crippen molar-refractivity contribution in [2.24, 2.45) is 7.05 Å². The summed E-state index contributed by atoms with van der Waals surface area (Å²) in [6.45, 7) is 6.16. The molecule has 4 nitrogen and oxygen atoms in total. The molecule has 0 aliphatic rings. The summed E-state index contributed by atoms with van der Waals surface area (Å²) in [7, 11) is 1.63. The number of nitrogen functional groups attached to an aromatic ring is 1. The SMILES string of the molecule is CC.CCSc1cccc(-c2ccc(CCc3cc(=O)n(C)c(N)n3)cc2)c1. The van der Waals surface area contributed by atoms with E-state index < -0.39 is 0 Å². The van der Waals surface area contributed by atoms with Crippen molar-refractivity contribution in [3.63, 3.8) is 0 Å². The van der Waals surface area contributed by atoms with Gasteiger partial charge in [0, 0.05) is 18.0 Å². The van der Waals surface area contributed by atoms with Crippen LogP contribution < -0.4 is 11.3 Å². The molecule has 0 saturated carbocycles. The number of aromatic nitrogens is 2. The van der Waals surface area contributed by atoms with Gasteiger partial charge in [0.15, 0.2) is 0 Å². The Kier molecular flexibility index (Phi) is 8.33. The van der Waals surface area contributed by atoms with Crippen LogP contribution >= 0.6 is 11.8 Å². The van der Waals surface area contributed by atoms with Crippen LogP contribution in [0.5, 0.6) is 0 Å². The van der Waals surface area contributed by atoms with Crippen LogP contribution in [0.15, 0.2) is 64.3 Å². The number of thioether (sulfide) groups is 1. The van der Waals surface area contributed by atoms with Crippen LogP contribution in [0, 0.1) is 0 Å². The molecule has 148 valence electrons. The molecule has 0 spiro atoms. The topological polar surface area (TPSA) is 60.9 Å². The lowest BCUT2D eigenvalue weighted by Gasteiger charge is -2.07. The van der Waals surface area contributed by atoms with E-state index in [2.05, 4.69) is 60.4 Å². The number of rotatable bonds is 6. The van der Waals surface area contributed by atoms with Crippen molar-refractivity contribution < 1.29 is 0 Å². The second-order valence-electron chi connectivity index (χ2n) is 6.16. The predicted molar refractivity (Wildman–Crippen MR) is 121 cm³/mol. The lowest BCUT2D eigenvalue weighted by atomic mass is 10.0. The Hall–Kier alpha value is -2.53. The average molecular weight is 396 g/mol. The standard InChI is InChI=1S/C21H23N3OS.C2H6/c1-3-26-19-6-4-5-17(13-19)16-10-7-15(8-11-16)9-12-18-14-20(25)24(2)21(22)23-18;1-2/h4-8,10-11,13-14H,3,9,12H2,1-2H3,(H2,22,23);1-2H3. The average Bonchev–Trinajstić information content (AvgIpc) is 2.73. The highest BCUT2D eigenvalue weighted by Crippen LogP contribution is 2.26. The summed E-state index contributed by atoms with van der Waals surface area (Å²) < 4.78 is 1.35. The molecule has 1 heterocycles. The molecule has 0 aliphatic carbocycles. The van der Waals surface area contributed by atoms with Gasteiger partial charge < -0.3 is 5.73 Å². The summed E-state index contributed by atoms with van der Waals surface area (Å²) in [5, 5.41) is 0. The first-order chi connectivity index (χ1) is 13.6. The van der Waals surface area contributed by atoms with Crippen LogP contribution in [0.25, 0.3) is 11.1 Å². The second-order valence-corrected chi connectivity index (χ2v) is 7.50. The highest BCUT2D eigenvalue weighted by Gasteiger charge is 2.04. The normalized spacial score (nSPS) is 10.3. The van der Waals surface area contributed by atoms with Gasteiger partial charge in [-0.15, -0.1) is 11.8 Å². The summed E-state index contributed by atoms with van der Waals surface area (Å²) in [5.41, 5.74) is 10.0. The zero-order chi connectivity index (χ0) is 20.5. The van der Waals surface area contributed by atoms with Gasteiger partial charge >= 0.3 is 0 Å². The highest BCUT2D eigenvalue weighted by atomic mass is 32.2. The van der Waals surface area contributed by atoms with Crippen LogP contribution in [0.3, 0.4) is 0 Å². The maximum atomic E-state index is 11.8. The van der Waals surface area contributed by atoms with Gasteiger partial charge in [0.05, 0.1) is 5.69 Å². The molecule has 0 aliphatic heterocycles. The number of aryl methyl sites for hydroxylation is 2. The lowest BCUT2D eigenvalue weighted by Crippen LogP contribution is -2.21. The molecular weight excluding hydrogens is 366 g/mol. The third-order valence-electron chi connectivity index (χ3n) is 4.32. The smallest absolute Gasteiger partial charge is 0.254 e. The molecule has 0 bridgehead atoms. The molecule has 0 fully saturated rings. The maximum Gasteiger partial charge on any atom is 0.254 e. The zero-order valence-electron chi connectivity index (χ0n) is 17.1. The number of anilines is 1. The van der Waals surface area contributed by atoms with Gasteiger partial charge in [-0.1, -0.05) is 57.2 Å². The van der Waals surface area contributed by atoms with E-state index in [0.29, 0.717) is 6.42 Å². The first-order valence-corrected chi connectivity index (χ1v) is 10.7. The van der Waals surface area contributed by atoms with E-state index in [1.165, 1.54) is 26.2 Å². The summed E-state index contributed by atoms with van der Waals surface area (Å²) in [5.74, 6) is 1.33. The fraction of sp³-hybridized carbons (Fsp3) is 0.304. The van der Waals surface area contributed by atoms with Crippen LogP contribution in [-0.2, 0) is 19.9 Å². The molecule has 0 unspecified atom stereocenters. The molecule has 1 aromatic heterocycles. The fourth-order valence-electron chi connectivity index (χ4n) is 2.80. The third kappa shape index (κ3) is 5.73. The van der Waals surface area contributed by atoms with E-state index in [0.717, 1.165) is 17.9 Å².